The van der Waals surface area contributed by atoms with Crippen LogP contribution in [0.1, 0.15) is 20.8 Å². The van der Waals surface area contributed by atoms with E-state index in [1.807, 2.05) is 6.92 Å². The Kier molecular flexibility index (Phi) is 13.0. The Hall–Kier alpha value is -0.650. The Bertz CT molecular complexity index is 109. The zero-order valence-electron chi connectivity index (χ0n) is 8.32. The van der Waals surface area contributed by atoms with Crippen LogP contribution in [-0.2, 0) is 14.3 Å². The van der Waals surface area contributed by atoms with Crippen LogP contribution < -0.4 is 0 Å². The van der Waals surface area contributed by atoms with Crippen molar-refractivity contribution in [2.75, 3.05) is 19.8 Å². The van der Waals surface area contributed by atoms with Crippen molar-refractivity contribution < 1.29 is 24.5 Å². The summed E-state index contributed by atoms with van der Waals surface area (Å²) in [7, 11) is 0. The fourth-order valence-corrected chi connectivity index (χ4v) is 0.422. The van der Waals surface area contributed by atoms with E-state index in [1.165, 1.54) is 0 Å². The number of carboxylic acid groups (broad SMARTS) is 1. The summed E-state index contributed by atoms with van der Waals surface area (Å²) in [4.78, 5) is 9.00. The Morgan fingerprint density at radius 1 is 1.46 bits per heavy atom. The summed E-state index contributed by atoms with van der Waals surface area (Å²) in [6, 6.07) is 0. The molecule has 0 amide bonds. The van der Waals surface area contributed by atoms with E-state index in [4.69, 9.17) is 24.5 Å². The number of rotatable bonds is 5. The molecule has 1 atom stereocenters. The lowest BCUT2D eigenvalue weighted by Gasteiger charge is -2.05. The molecular weight excluding hydrogens is 176 g/mol. The van der Waals surface area contributed by atoms with Crippen LogP contribution in [0.3, 0.4) is 0 Å². The molecule has 0 radical (unpaired) electrons. The van der Waals surface area contributed by atoms with E-state index < -0.39 is 12.3 Å². The summed E-state index contributed by atoms with van der Waals surface area (Å²) in [5.74, 6) is -0.833. The second-order valence-corrected chi connectivity index (χ2v) is 2.19. The van der Waals surface area contributed by atoms with Crippen LogP contribution in [0.15, 0.2) is 0 Å². The first-order valence-electron chi connectivity index (χ1n) is 4.07. The van der Waals surface area contributed by atoms with Crippen molar-refractivity contribution in [1.29, 1.82) is 0 Å². The molecule has 13 heavy (non-hydrogen) atoms. The topological polar surface area (TPSA) is 76.0 Å². The predicted molar refractivity (Wildman–Crippen MR) is 47.4 cm³/mol. The first kappa shape index (κ1) is 14.9. The minimum atomic E-state index is -0.833. The molecule has 0 spiro atoms. The molecule has 5 heteroatoms. The van der Waals surface area contributed by atoms with Crippen molar-refractivity contribution in [2.24, 2.45) is 0 Å². The molecule has 0 aromatic heterocycles. The summed E-state index contributed by atoms with van der Waals surface area (Å²) in [6.45, 7) is 6.30. The first-order valence-corrected chi connectivity index (χ1v) is 4.07. The van der Waals surface area contributed by atoms with Crippen molar-refractivity contribution in [3.8, 4) is 0 Å². The monoisotopic (exact) mass is 194 g/mol. The highest BCUT2D eigenvalue weighted by molar-refractivity contribution is 5.62. The van der Waals surface area contributed by atoms with E-state index in [-0.39, 0.29) is 0 Å². The lowest BCUT2D eigenvalue weighted by molar-refractivity contribution is -0.134. The van der Waals surface area contributed by atoms with Crippen LogP contribution >= 0.6 is 0 Å². The first-order chi connectivity index (χ1) is 6.00. The van der Waals surface area contributed by atoms with E-state index in [0.29, 0.717) is 19.8 Å². The van der Waals surface area contributed by atoms with E-state index in [0.717, 1.165) is 6.92 Å². The average Bonchev–Trinajstić information content (AvgIpc) is 1.97. The van der Waals surface area contributed by atoms with Gasteiger partial charge < -0.3 is 19.7 Å². The quantitative estimate of drug-likeness (QED) is 0.491. The fourth-order valence-electron chi connectivity index (χ4n) is 0.422. The molecule has 0 fully saturated rings. The van der Waals surface area contributed by atoms with Gasteiger partial charge in [-0.25, -0.2) is 0 Å². The highest BCUT2D eigenvalue weighted by Crippen LogP contribution is 1.83. The molecule has 0 saturated carbocycles. The zero-order chi connectivity index (χ0) is 10.7. The van der Waals surface area contributed by atoms with Gasteiger partial charge in [-0.05, 0) is 13.8 Å². The molecule has 0 rings (SSSR count). The molecule has 80 valence electrons. The van der Waals surface area contributed by atoms with E-state index >= 15 is 0 Å². The SMILES string of the molecule is CC(=O)O.CCOCCOC(C)O. The van der Waals surface area contributed by atoms with Gasteiger partial charge in [0, 0.05) is 13.5 Å². The third-order valence-corrected chi connectivity index (χ3v) is 0.791. The van der Waals surface area contributed by atoms with Gasteiger partial charge in [0.2, 0.25) is 0 Å². The molecular formula is C8H18O5. The number of ether oxygens (including phenoxy) is 2. The van der Waals surface area contributed by atoms with E-state index in [1.54, 1.807) is 6.92 Å². The summed E-state index contributed by atoms with van der Waals surface area (Å²) in [6.07, 6.45) is -0.676. The van der Waals surface area contributed by atoms with Crippen LogP contribution in [0, 0.1) is 0 Å². The van der Waals surface area contributed by atoms with Gasteiger partial charge >= 0.3 is 0 Å². The minimum Gasteiger partial charge on any atom is -0.481 e. The lowest BCUT2D eigenvalue weighted by Crippen LogP contribution is -2.11. The Morgan fingerprint density at radius 3 is 2.23 bits per heavy atom. The number of carbonyl (C=O) groups is 1. The number of aliphatic carboxylic acids is 1. The molecule has 0 heterocycles. The van der Waals surface area contributed by atoms with Crippen molar-refractivity contribution in [3.05, 3.63) is 0 Å². The smallest absolute Gasteiger partial charge is 0.300 e. The molecule has 0 saturated heterocycles. The molecule has 0 aliphatic heterocycles. The third kappa shape index (κ3) is 34.7. The maximum Gasteiger partial charge on any atom is 0.300 e. The second-order valence-electron chi connectivity index (χ2n) is 2.19. The van der Waals surface area contributed by atoms with Crippen molar-refractivity contribution in [2.45, 2.75) is 27.1 Å². The van der Waals surface area contributed by atoms with Gasteiger partial charge in [-0.3, -0.25) is 4.79 Å². The minimum absolute atomic E-state index is 0.464. The number of hydrogen-bond donors (Lipinski definition) is 2. The van der Waals surface area contributed by atoms with Crippen LogP contribution in [0.2, 0.25) is 0 Å². The van der Waals surface area contributed by atoms with Crippen molar-refractivity contribution in [3.63, 3.8) is 0 Å². The van der Waals surface area contributed by atoms with Crippen LogP contribution in [0.5, 0.6) is 0 Å². The lowest BCUT2D eigenvalue weighted by atomic mass is 10.7. The molecule has 0 aromatic carbocycles. The molecule has 1 unspecified atom stereocenters. The maximum atomic E-state index is 9.00. The Balaban J connectivity index is 0. The summed E-state index contributed by atoms with van der Waals surface area (Å²) in [5, 5.41) is 16.0. The average molecular weight is 194 g/mol. The molecule has 2 N–H and O–H groups in total. The predicted octanol–water partition coefficient (Wildman–Crippen LogP) is 0.469. The molecule has 0 aliphatic carbocycles. The van der Waals surface area contributed by atoms with Gasteiger partial charge in [0.25, 0.3) is 5.97 Å². The van der Waals surface area contributed by atoms with Gasteiger partial charge in [-0.1, -0.05) is 0 Å². The van der Waals surface area contributed by atoms with E-state index in [2.05, 4.69) is 0 Å². The van der Waals surface area contributed by atoms with Gasteiger partial charge in [0.05, 0.1) is 13.2 Å². The summed E-state index contributed by atoms with van der Waals surface area (Å²) >= 11 is 0. The number of carboxylic acids is 1. The highest BCUT2D eigenvalue weighted by atomic mass is 16.6. The number of aliphatic hydroxyl groups excluding tert-OH is 1. The Morgan fingerprint density at radius 2 is 1.92 bits per heavy atom. The highest BCUT2D eigenvalue weighted by Gasteiger charge is 1.91. The van der Waals surface area contributed by atoms with Gasteiger partial charge in [-0.2, -0.15) is 0 Å². The largest absolute Gasteiger partial charge is 0.481 e. The summed E-state index contributed by atoms with van der Waals surface area (Å²) < 4.78 is 9.72. The molecule has 0 bridgehead atoms. The van der Waals surface area contributed by atoms with Crippen LogP contribution in [0.4, 0.5) is 0 Å². The van der Waals surface area contributed by atoms with E-state index in [9.17, 15) is 0 Å². The van der Waals surface area contributed by atoms with Crippen molar-refractivity contribution >= 4 is 5.97 Å². The third-order valence-electron chi connectivity index (χ3n) is 0.791. The number of hydrogen-bond acceptors (Lipinski definition) is 4. The van der Waals surface area contributed by atoms with Gasteiger partial charge in [-0.15, -0.1) is 0 Å². The van der Waals surface area contributed by atoms with Gasteiger partial charge in [0.1, 0.15) is 0 Å². The van der Waals surface area contributed by atoms with Crippen LogP contribution in [0.25, 0.3) is 0 Å². The zero-order valence-corrected chi connectivity index (χ0v) is 8.32. The molecule has 0 aromatic rings. The normalized spacial score (nSPS) is 11.4. The maximum absolute atomic E-state index is 9.00. The molecule has 5 nitrogen and oxygen atoms in total. The fraction of sp³-hybridized carbons (Fsp3) is 0.875. The second kappa shape index (κ2) is 11.4. The van der Waals surface area contributed by atoms with Crippen LogP contribution in [-0.4, -0.2) is 42.3 Å². The standard InChI is InChI=1S/C6H14O3.C2H4O2/c1-3-8-4-5-9-6(2)7;1-2(3)4/h6-7H,3-5H2,1-2H3;1H3,(H,3,4). The number of aliphatic hydroxyl groups is 1. The Labute approximate surface area is 78.3 Å². The summed E-state index contributed by atoms with van der Waals surface area (Å²) in [5.41, 5.74) is 0. The molecule has 0 aliphatic rings. The van der Waals surface area contributed by atoms with Gasteiger partial charge in [0.15, 0.2) is 6.29 Å². The van der Waals surface area contributed by atoms with Crippen molar-refractivity contribution in [1.82, 2.24) is 0 Å².